The summed E-state index contributed by atoms with van der Waals surface area (Å²) < 4.78 is 6.85. The van der Waals surface area contributed by atoms with Gasteiger partial charge >= 0.3 is 5.97 Å². The molecule has 1 unspecified atom stereocenters. The first-order valence-electron chi connectivity index (χ1n) is 13.3. The number of rotatable bonds is 5. The average Bonchev–Trinajstić information content (AvgIpc) is 3.36. The van der Waals surface area contributed by atoms with Gasteiger partial charge in [0.2, 0.25) is 5.91 Å². The number of hydrogen-bond acceptors (Lipinski definition) is 6. The predicted molar refractivity (Wildman–Crippen MR) is 137 cm³/mol. The Morgan fingerprint density at radius 3 is 2.39 bits per heavy atom. The zero-order valence-electron chi connectivity index (χ0n) is 22.0. The molecule has 0 N–H and O–H groups in total. The number of benzene rings is 1. The number of amides is 1. The third-order valence-electron chi connectivity index (χ3n) is 8.52. The molecule has 1 aromatic heterocycles. The standard InChI is InChI=1S/C28H39N5O3/c1-28(2,3)22-7-5-19(6-8-22)25-18-33(30-29-25)16-23-15-21-11-14-32(23)17-24(21)26(34)31-12-9-20(10-13-31)27(35)36-4/h5-8,18,20-21,23-24H,9-17H2,1-4H3/t21-,23+,24-/m0/s1. The number of hydrogen-bond donors (Lipinski definition) is 0. The minimum Gasteiger partial charge on any atom is -0.469 e. The van der Waals surface area contributed by atoms with Crippen LogP contribution in [0.4, 0.5) is 0 Å². The van der Waals surface area contributed by atoms with Gasteiger partial charge in [0.15, 0.2) is 0 Å². The van der Waals surface area contributed by atoms with Gasteiger partial charge in [-0.2, -0.15) is 0 Å². The van der Waals surface area contributed by atoms with Crippen molar-refractivity contribution in [2.45, 2.75) is 64.5 Å². The van der Waals surface area contributed by atoms with E-state index in [0.717, 1.165) is 43.7 Å². The Morgan fingerprint density at radius 2 is 1.78 bits per heavy atom. The van der Waals surface area contributed by atoms with E-state index in [2.05, 4.69) is 60.2 Å². The number of aromatic nitrogens is 3. The van der Waals surface area contributed by atoms with Gasteiger partial charge in [0.05, 0.1) is 31.7 Å². The van der Waals surface area contributed by atoms with Crippen molar-refractivity contribution in [3.05, 3.63) is 36.0 Å². The van der Waals surface area contributed by atoms with E-state index < -0.39 is 0 Å². The van der Waals surface area contributed by atoms with E-state index in [1.807, 2.05) is 15.8 Å². The molecule has 4 saturated heterocycles. The summed E-state index contributed by atoms with van der Waals surface area (Å²) in [4.78, 5) is 29.6. The second-order valence-electron chi connectivity index (χ2n) is 11.8. The molecule has 4 fully saturated rings. The van der Waals surface area contributed by atoms with Gasteiger partial charge in [0.1, 0.15) is 5.69 Å². The van der Waals surface area contributed by atoms with Crippen LogP contribution in [0.5, 0.6) is 0 Å². The summed E-state index contributed by atoms with van der Waals surface area (Å²) in [5.41, 5.74) is 3.42. The van der Waals surface area contributed by atoms with Crippen LogP contribution in [0.2, 0.25) is 0 Å². The Bertz CT molecular complexity index is 1080. The monoisotopic (exact) mass is 493 g/mol. The second kappa shape index (κ2) is 9.96. The molecule has 5 heterocycles. The Labute approximate surface area is 214 Å². The minimum absolute atomic E-state index is 0.0670. The van der Waals surface area contributed by atoms with E-state index in [1.165, 1.54) is 12.7 Å². The molecule has 2 bridgehead atoms. The van der Waals surface area contributed by atoms with Crippen molar-refractivity contribution in [2.24, 2.45) is 17.8 Å². The van der Waals surface area contributed by atoms with Crippen LogP contribution in [0.15, 0.2) is 30.5 Å². The molecule has 4 aliphatic rings. The van der Waals surface area contributed by atoms with Crippen LogP contribution in [-0.4, -0.2) is 76.0 Å². The van der Waals surface area contributed by atoms with E-state index in [0.29, 0.717) is 37.9 Å². The van der Waals surface area contributed by atoms with Crippen molar-refractivity contribution >= 4 is 11.9 Å². The number of methoxy groups -OCH3 is 1. The molecule has 6 rings (SSSR count). The zero-order chi connectivity index (χ0) is 25.4. The molecule has 1 aromatic carbocycles. The van der Waals surface area contributed by atoms with Crippen molar-refractivity contribution in [1.82, 2.24) is 24.8 Å². The van der Waals surface area contributed by atoms with Gasteiger partial charge in [-0.05, 0) is 49.1 Å². The molecule has 0 radical (unpaired) electrons. The molecule has 36 heavy (non-hydrogen) atoms. The van der Waals surface area contributed by atoms with Crippen LogP contribution in [0.25, 0.3) is 11.3 Å². The van der Waals surface area contributed by atoms with Crippen LogP contribution >= 0.6 is 0 Å². The van der Waals surface area contributed by atoms with Gasteiger partial charge in [-0.25, -0.2) is 0 Å². The summed E-state index contributed by atoms with van der Waals surface area (Å²) in [6, 6.07) is 9.00. The summed E-state index contributed by atoms with van der Waals surface area (Å²) in [5.74, 6) is 0.536. The van der Waals surface area contributed by atoms with Crippen molar-refractivity contribution < 1.29 is 14.3 Å². The average molecular weight is 494 g/mol. The summed E-state index contributed by atoms with van der Waals surface area (Å²) in [5, 5.41) is 8.86. The first kappa shape index (κ1) is 24.9. The first-order chi connectivity index (χ1) is 17.2. The third kappa shape index (κ3) is 5.05. The molecule has 8 nitrogen and oxygen atoms in total. The van der Waals surface area contributed by atoms with Crippen LogP contribution in [0.3, 0.4) is 0 Å². The maximum Gasteiger partial charge on any atom is 0.308 e. The molecular formula is C28H39N5O3. The Morgan fingerprint density at radius 1 is 1.06 bits per heavy atom. The zero-order valence-corrected chi connectivity index (χ0v) is 22.0. The van der Waals surface area contributed by atoms with Gasteiger partial charge in [-0.3, -0.25) is 19.2 Å². The number of ether oxygens (including phenoxy) is 1. The summed E-state index contributed by atoms with van der Waals surface area (Å²) in [6.45, 7) is 10.6. The largest absolute Gasteiger partial charge is 0.469 e. The maximum absolute atomic E-state index is 13.4. The quantitative estimate of drug-likeness (QED) is 0.594. The molecule has 194 valence electrons. The lowest BCUT2D eigenvalue weighted by Crippen LogP contribution is -2.59. The summed E-state index contributed by atoms with van der Waals surface area (Å²) in [6.07, 6.45) is 5.55. The number of nitrogens with zero attached hydrogens (tertiary/aromatic N) is 5. The highest BCUT2D eigenvalue weighted by atomic mass is 16.5. The van der Waals surface area contributed by atoms with E-state index >= 15 is 0 Å². The van der Waals surface area contributed by atoms with Crippen LogP contribution in [0, 0.1) is 17.8 Å². The lowest BCUT2D eigenvalue weighted by atomic mass is 9.74. The first-order valence-corrected chi connectivity index (χ1v) is 13.3. The van der Waals surface area contributed by atoms with Crippen LogP contribution in [-0.2, 0) is 26.3 Å². The fraction of sp³-hybridized carbons (Fsp3) is 0.643. The normalized spacial score (nSPS) is 26.7. The number of carbonyl (C=O) groups is 2. The van der Waals surface area contributed by atoms with Crippen molar-refractivity contribution in [1.29, 1.82) is 0 Å². The van der Waals surface area contributed by atoms with Crippen LogP contribution < -0.4 is 0 Å². The van der Waals surface area contributed by atoms with E-state index in [1.54, 1.807) is 0 Å². The van der Waals surface area contributed by atoms with Crippen molar-refractivity contribution in [2.75, 3.05) is 33.3 Å². The van der Waals surface area contributed by atoms with E-state index in [-0.39, 0.29) is 29.1 Å². The number of fused-ring (bicyclic) bond motifs is 3. The molecule has 0 saturated carbocycles. The fourth-order valence-electron chi connectivity index (χ4n) is 6.22. The number of likely N-dealkylation sites (tertiary alicyclic amines) is 1. The SMILES string of the molecule is COC(=O)C1CCN(C(=O)[C@H]2CN3CC[C@H]2C[C@@H]3Cn2cc(-c3ccc(C(C)(C)C)cc3)nn2)CC1. The second-order valence-corrected chi connectivity index (χ2v) is 11.8. The molecule has 4 aliphatic heterocycles. The van der Waals surface area contributed by atoms with Gasteiger partial charge in [-0.1, -0.05) is 50.3 Å². The molecule has 2 aromatic rings. The fourth-order valence-corrected chi connectivity index (χ4v) is 6.22. The maximum atomic E-state index is 13.4. The lowest BCUT2D eigenvalue weighted by molar-refractivity contribution is -0.152. The van der Waals surface area contributed by atoms with E-state index in [4.69, 9.17) is 4.74 Å². The number of piperidine rings is 4. The highest BCUT2D eigenvalue weighted by Gasteiger charge is 2.45. The van der Waals surface area contributed by atoms with Gasteiger partial charge in [0.25, 0.3) is 0 Å². The highest BCUT2D eigenvalue weighted by Crippen LogP contribution is 2.38. The minimum atomic E-state index is -0.147. The van der Waals surface area contributed by atoms with Crippen molar-refractivity contribution in [3.8, 4) is 11.3 Å². The molecular weight excluding hydrogens is 454 g/mol. The Kier molecular flexibility index (Phi) is 6.90. The molecule has 0 aliphatic carbocycles. The lowest BCUT2D eigenvalue weighted by Gasteiger charge is -2.50. The highest BCUT2D eigenvalue weighted by molar-refractivity contribution is 5.80. The van der Waals surface area contributed by atoms with Gasteiger partial charge in [-0.15, -0.1) is 5.10 Å². The summed E-state index contributed by atoms with van der Waals surface area (Å²) >= 11 is 0. The summed E-state index contributed by atoms with van der Waals surface area (Å²) in [7, 11) is 1.44. The van der Waals surface area contributed by atoms with Crippen molar-refractivity contribution in [3.63, 3.8) is 0 Å². The number of carbonyl (C=O) groups excluding carboxylic acids is 2. The van der Waals surface area contributed by atoms with E-state index in [9.17, 15) is 9.59 Å². The van der Waals surface area contributed by atoms with Crippen LogP contribution in [0.1, 0.15) is 52.0 Å². The Balaban J connectivity index is 1.17. The Hall–Kier alpha value is -2.74. The predicted octanol–water partition coefficient (Wildman–Crippen LogP) is 3.36. The number of esters is 1. The molecule has 4 atom stereocenters. The topological polar surface area (TPSA) is 80.6 Å². The van der Waals surface area contributed by atoms with Gasteiger partial charge in [0, 0.05) is 31.2 Å². The molecule has 8 heteroatoms. The smallest absolute Gasteiger partial charge is 0.308 e. The molecule has 0 spiro atoms. The third-order valence-corrected chi connectivity index (χ3v) is 8.52. The molecule has 1 amide bonds. The van der Waals surface area contributed by atoms with Gasteiger partial charge < -0.3 is 9.64 Å².